The molecule has 83 valence electrons. The first-order valence-electron chi connectivity index (χ1n) is 5.13. The minimum atomic E-state index is 0.0311. The highest BCUT2D eigenvalue weighted by atomic mass is 16.5. The summed E-state index contributed by atoms with van der Waals surface area (Å²) in [5.41, 5.74) is 2.17. The normalized spacial score (nSPS) is 11.8. The van der Waals surface area contributed by atoms with Gasteiger partial charge in [-0.15, -0.1) is 0 Å². The molecule has 5 heteroatoms. The van der Waals surface area contributed by atoms with E-state index >= 15 is 0 Å². The van der Waals surface area contributed by atoms with Crippen LogP contribution in [-0.4, -0.2) is 22.3 Å². The van der Waals surface area contributed by atoms with Gasteiger partial charge in [-0.2, -0.15) is 5.10 Å². The topological polar surface area (TPSA) is 46.8 Å². The molecule has 0 saturated carbocycles. The number of hydrogen-bond acceptors (Lipinski definition) is 3. The Labute approximate surface area is 95.2 Å². The first-order valence-corrected chi connectivity index (χ1v) is 5.13. The van der Waals surface area contributed by atoms with Gasteiger partial charge < -0.3 is 9.68 Å². The molecule has 16 heavy (non-hydrogen) atoms. The van der Waals surface area contributed by atoms with Crippen LogP contribution < -0.4 is 4.65 Å². The van der Waals surface area contributed by atoms with Crippen molar-refractivity contribution in [3.63, 3.8) is 0 Å². The van der Waals surface area contributed by atoms with Gasteiger partial charge in [0.1, 0.15) is 5.75 Å². The summed E-state index contributed by atoms with van der Waals surface area (Å²) in [5, 5.41) is 12.9. The number of aromatic nitrogens is 2. The molecular formula is C11H14BN2O2. The van der Waals surface area contributed by atoms with E-state index in [1.807, 2.05) is 18.5 Å². The average Bonchev–Trinajstić information content (AvgIpc) is 2.60. The van der Waals surface area contributed by atoms with Gasteiger partial charge in [-0.3, -0.25) is 0 Å². The van der Waals surface area contributed by atoms with E-state index in [-0.39, 0.29) is 5.41 Å². The summed E-state index contributed by atoms with van der Waals surface area (Å²) >= 11 is 0. The molecule has 0 aliphatic heterocycles. The van der Waals surface area contributed by atoms with E-state index in [4.69, 9.17) is 9.68 Å². The van der Waals surface area contributed by atoms with Crippen molar-refractivity contribution in [2.45, 2.75) is 26.2 Å². The van der Waals surface area contributed by atoms with Gasteiger partial charge in [-0.1, -0.05) is 20.8 Å². The van der Waals surface area contributed by atoms with Gasteiger partial charge in [-0.25, -0.2) is 4.52 Å². The summed E-state index contributed by atoms with van der Waals surface area (Å²) in [4.78, 5) is 0. The molecule has 0 bridgehead atoms. The first-order chi connectivity index (χ1) is 7.52. The second-order valence-electron chi connectivity index (χ2n) is 4.72. The van der Waals surface area contributed by atoms with Crippen molar-refractivity contribution >= 4 is 13.2 Å². The highest BCUT2D eigenvalue weighted by molar-refractivity contribution is 6.17. The number of pyridine rings is 1. The zero-order valence-corrected chi connectivity index (χ0v) is 9.64. The summed E-state index contributed by atoms with van der Waals surface area (Å²) < 4.78 is 6.74. The minimum absolute atomic E-state index is 0.0311. The van der Waals surface area contributed by atoms with Crippen molar-refractivity contribution < 1.29 is 9.68 Å². The second kappa shape index (κ2) is 3.83. The molecule has 0 fully saturated rings. The van der Waals surface area contributed by atoms with Crippen LogP contribution in [0.2, 0.25) is 0 Å². The number of rotatable bonds is 2. The van der Waals surface area contributed by atoms with Gasteiger partial charge in [0.25, 0.3) is 0 Å². The number of nitrogens with zero attached hydrogens (tertiary/aromatic N) is 2. The van der Waals surface area contributed by atoms with E-state index in [0.29, 0.717) is 13.4 Å². The molecule has 0 saturated heterocycles. The summed E-state index contributed by atoms with van der Waals surface area (Å²) in [6.45, 7) is 6.40. The molecule has 2 rings (SSSR count). The van der Waals surface area contributed by atoms with E-state index in [1.54, 1.807) is 10.6 Å². The Bertz CT molecular complexity index is 502. The standard InChI is InChI=1S/C11H14BN2O2/c1-11(2,3)9-7-13-14-5-4-8(16-12-15)6-10(9)14/h4-7,15H,1-3H3. The lowest BCUT2D eigenvalue weighted by Crippen LogP contribution is -2.10. The van der Waals surface area contributed by atoms with Crippen LogP contribution in [0.4, 0.5) is 0 Å². The van der Waals surface area contributed by atoms with Crippen molar-refractivity contribution in [1.29, 1.82) is 0 Å². The summed E-state index contributed by atoms with van der Waals surface area (Å²) in [7, 11) is 0.680. The molecule has 0 atom stereocenters. The summed E-state index contributed by atoms with van der Waals surface area (Å²) in [6, 6.07) is 3.61. The van der Waals surface area contributed by atoms with Crippen LogP contribution in [0.3, 0.4) is 0 Å². The molecular weight excluding hydrogens is 203 g/mol. The quantitative estimate of drug-likeness (QED) is 0.776. The van der Waals surface area contributed by atoms with Crippen molar-refractivity contribution in [3.8, 4) is 5.75 Å². The lowest BCUT2D eigenvalue weighted by molar-refractivity contribution is 0.453. The van der Waals surface area contributed by atoms with Crippen LogP contribution in [-0.2, 0) is 5.41 Å². The fraction of sp³-hybridized carbons (Fsp3) is 0.364. The Balaban J connectivity index is 2.56. The maximum absolute atomic E-state index is 8.60. The van der Waals surface area contributed by atoms with Crippen LogP contribution in [0.25, 0.3) is 5.52 Å². The number of hydrogen-bond donors (Lipinski definition) is 1. The largest absolute Gasteiger partial charge is 0.569 e. The van der Waals surface area contributed by atoms with Gasteiger partial charge >= 0.3 is 7.69 Å². The average molecular weight is 217 g/mol. The fourth-order valence-corrected chi connectivity index (χ4v) is 1.67. The third-order valence-corrected chi connectivity index (χ3v) is 2.49. The van der Waals surface area contributed by atoms with Gasteiger partial charge in [0.2, 0.25) is 0 Å². The van der Waals surface area contributed by atoms with Crippen molar-refractivity contribution in [1.82, 2.24) is 9.61 Å². The van der Waals surface area contributed by atoms with Gasteiger partial charge in [0.15, 0.2) is 0 Å². The van der Waals surface area contributed by atoms with E-state index in [2.05, 4.69) is 25.9 Å². The predicted molar refractivity (Wildman–Crippen MR) is 62.5 cm³/mol. The van der Waals surface area contributed by atoms with Crippen LogP contribution in [0.1, 0.15) is 26.3 Å². The Morgan fingerprint density at radius 1 is 1.44 bits per heavy atom. The maximum Gasteiger partial charge on any atom is 0.569 e. The van der Waals surface area contributed by atoms with E-state index in [9.17, 15) is 0 Å². The molecule has 2 heterocycles. The monoisotopic (exact) mass is 217 g/mol. The summed E-state index contributed by atoms with van der Waals surface area (Å²) in [5.74, 6) is 0.598. The second-order valence-corrected chi connectivity index (χ2v) is 4.72. The van der Waals surface area contributed by atoms with Gasteiger partial charge in [-0.05, 0) is 11.5 Å². The maximum atomic E-state index is 8.60. The molecule has 0 aromatic carbocycles. The smallest absolute Gasteiger partial charge is 0.537 e. The molecule has 2 aromatic heterocycles. The first kappa shape index (κ1) is 11.0. The molecule has 0 amide bonds. The SMILES string of the molecule is CC(C)(C)c1cnn2ccc(O[B]O)cc12. The highest BCUT2D eigenvalue weighted by Gasteiger charge is 2.19. The zero-order chi connectivity index (χ0) is 11.8. The molecule has 2 aromatic rings. The Morgan fingerprint density at radius 3 is 2.81 bits per heavy atom. The van der Waals surface area contributed by atoms with Crippen LogP contribution in [0.15, 0.2) is 24.5 Å². The van der Waals surface area contributed by atoms with Crippen LogP contribution in [0, 0.1) is 0 Å². The summed E-state index contributed by atoms with van der Waals surface area (Å²) in [6.07, 6.45) is 3.67. The molecule has 4 nitrogen and oxygen atoms in total. The molecule has 0 unspecified atom stereocenters. The van der Waals surface area contributed by atoms with Crippen LogP contribution >= 0.6 is 0 Å². The fourth-order valence-electron chi connectivity index (χ4n) is 1.67. The Morgan fingerprint density at radius 2 is 2.19 bits per heavy atom. The molecule has 0 spiro atoms. The van der Waals surface area contributed by atoms with Crippen molar-refractivity contribution in [2.24, 2.45) is 0 Å². The molecule has 1 radical (unpaired) electrons. The van der Waals surface area contributed by atoms with E-state index in [1.165, 1.54) is 0 Å². The van der Waals surface area contributed by atoms with Crippen molar-refractivity contribution in [2.75, 3.05) is 0 Å². The third kappa shape index (κ3) is 1.90. The minimum Gasteiger partial charge on any atom is -0.537 e. The van der Waals surface area contributed by atoms with Gasteiger partial charge in [0, 0.05) is 17.8 Å². The zero-order valence-electron chi connectivity index (χ0n) is 9.64. The highest BCUT2D eigenvalue weighted by Crippen LogP contribution is 2.28. The van der Waals surface area contributed by atoms with E-state index in [0.717, 1.165) is 11.1 Å². The predicted octanol–water partition coefficient (Wildman–Crippen LogP) is 1.54. The number of fused-ring (bicyclic) bond motifs is 1. The Kier molecular flexibility index (Phi) is 2.64. The van der Waals surface area contributed by atoms with Crippen molar-refractivity contribution in [3.05, 3.63) is 30.1 Å². The lowest BCUT2D eigenvalue weighted by Gasteiger charge is -2.16. The third-order valence-electron chi connectivity index (χ3n) is 2.49. The molecule has 0 aliphatic rings. The lowest BCUT2D eigenvalue weighted by atomic mass is 9.88. The Hall–Kier alpha value is -1.49. The van der Waals surface area contributed by atoms with E-state index < -0.39 is 0 Å². The van der Waals surface area contributed by atoms with Crippen LogP contribution in [0.5, 0.6) is 5.75 Å². The van der Waals surface area contributed by atoms with Gasteiger partial charge in [0.05, 0.1) is 11.7 Å². The molecule has 1 N–H and O–H groups in total. The molecule has 0 aliphatic carbocycles.